The third-order valence-corrected chi connectivity index (χ3v) is 4.46. The molecule has 0 atom stereocenters. The van der Waals surface area contributed by atoms with Gasteiger partial charge in [-0.05, 0) is 68.3 Å². The van der Waals surface area contributed by atoms with E-state index in [-0.39, 0.29) is 0 Å². The molecule has 0 saturated heterocycles. The Morgan fingerprint density at radius 1 is 1.31 bits per heavy atom. The normalized spacial score (nSPS) is 10.1. The topological polar surface area (TPSA) is 24.9 Å². The van der Waals surface area contributed by atoms with Crippen molar-refractivity contribution in [1.29, 1.82) is 0 Å². The largest absolute Gasteiger partial charge is 0.381 e. The minimum Gasteiger partial charge on any atom is -0.381 e. The van der Waals surface area contributed by atoms with Gasteiger partial charge < -0.3 is 5.32 Å². The molecule has 0 amide bonds. The van der Waals surface area contributed by atoms with Gasteiger partial charge in [0.25, 0.3) is 0 Å². The zero-order valence-corrected chi connectivity index (χ0v) is 12.2. The van der Waals surface area contributed by atoms with E-state index in [0.717, 1.165) is 16.7 Å². The molecule has 0 unspecified atom stereocenters. The number of pyridine rings is 1. The lowest BCUT2D eigenvalue weighted by molar-refractivity contribution is 1.11. The van der Waals surface area contributed by atoms with E-state index < -0.39 is 0 Å². The Morgan fingerprint density at radius 3 is 2.88 bits per heavy atom. The van der Waals surface area contributed by atoms with Crippen molar-refractivity contribution in [3.05, 3.63) is 56.3 Å². The van der Waals surface area contributed by atoms with Gasteiger partial charge in [-0.1, -0.05) is 6.07 Å². The zero-order chi connectivity index (χ0) is 11.4. The highest BCUT2D eigenvalue weighted by Gasteiger charge is 1.98. The highest BCUT2D eigenvalue weighted by Crippen LogP contribution is 2.22. The number of hydrogen-bond acceptors (Lipinski definition) is 2. The van der Waals surface area contributed by atoms with Crippen LogP contribution in [0.25, 0.3) is 0 Å². The Hall–Kier alpha value is -0.620. The molecule has 1 aromatic carbocycles. The number of benzene rings is 1. The maximum atomic E-state index is 4.08. The molecule has 0 fully saturated rings. The molecule has 1 N–H and O–H groups in total. The highest BCUT2D eigenvalue weighted by molar-refractivity contribution is 14.1. The van der Waals surface area contributed by atoms with Crippen LogP contribution >= 0.6 is 38.5 Å². The first-order valence-electron chi connectivity index (χ1n) is 4.83. The molecule has 2 nitrogen and oxygen atoms in total. The van der Waals surface area contributed by atoms with Gasteiger partial charge in [0, 0.05) is 32.7 Å². The lowest BCUT2D eigenvalue weighted by atomic mass is 10.2. The summed E-state index contributed by atoms with van der Waals surface area (Å²) < 4.78 is 2.33. The molecule has 0 aliphatic carbocycles. The molecule has 16 heavy (non-hydrogen) atoms. The van der Waals surface area contributed by atoms with Crippen molar-refractivity contribution in [3.8, 4) is 0 Å². The Balaban J connectivity index is 2.03. The van der Waals surface area contributed by atoms with Gasteiger partial charge >= 0.3 is 0 Å². The van der Waals surface area contributed by atoms with Gasteiger partial charge in [0.05, 0.1) is 0 Å². The molecule has 2 rings (SSSR count). The van der Waals surface area contributed by atoms with Crippen LogP contribution in [0.3, 0.4) is 0 Å². The van der Waals surface area contributed by atoms with Crippen LogP contribution in [0.2, 0.25) is 0 Å². The Kier molecular flexibility index (Phi) is 4.17. The van der Waals surface area contributed by atoms with E-state index in [1.165, 1.54) is 9.13 Å². The number of nitrogens with one attached hydrogen (secondary N) is 1. The summed E-state index contributed by atoms with van der Waals surface area (Å²) in [7, 11) is 0. The second kappa shape index (κ2) is 5.63. The summed E-state index contributed by atoms with van der Waals surface area (Å²) >= 11 is 5.79. The molecule has 2 aromatic rings. The van der Waals surface area contributed by atoms with E-state index in [4.69, 9.17) is 0 Å². The van der Waals surface area contributed by atoms with Crippen LogP contribution in [-0.4, -0.2) is 4.98 Å². The van der Waals surface area contributed by atoms with Crippen molar-refractivity contribution < 1.29 is 0 Å². The van der Waals surface area contributed by atoms with Crippen molar-refractivity contribution in [1.82, 2.24) is 4.98 Å². The fraction of sp³-hybridized carbons (Fsp3) is 0.0833. The van der Waals surface area contributed by atoms with Crippen LogP contribution < -0.4 is 5.32 Å². The van der Waals surface area contributed by atoms with Crippen LogP contribution in [0, 0.1) is 3.57 Å². The van der Waals surface area contributed by atoms with Crippen molar-refractivity contribution >= 4 is 44.2 Å². The van der Waals surface area contributed by atoms with E-state index in [1.807, 2.05) is 18.3 Å². The summed E-state index contributed by atoms with van der Waals surface area (Å²) in [4.78, 5) is 4.08. The summed E-state index contributed by atoms with van der Waals surface area (Å²) in [5, 5.41) is 3.36. The number of nitrogens with zero attached hydrogens (tertiary/aromatic N) is 1. The fourth-order valence-corrected chi connectivity index (χ4v) is 2.07. The Labute approximate surface area is 117 Å². The monoisotopic (exact) mass is 388 g/mol. The van der Waals surface area contributed by atoms with Gasteiger partial charge in [-0.2, -0.15) is 0 Å². The van der Waals surface area contributed by atoms with E-state index in [1.54, 1.807) is 6.20 Å². The van der Waals surface area contributed by atoms with Crippen LogP contribution in [0.1, 0.15) is 5.56 Å². The first kappa shape index (κ1) is 11.9. The Bertz CT molecular complexity index is 474. The maximum Gasteiger partial charge on any atom is 0.0416 e. The van der Waals surface area contributed by atoms with E-state index in [2.05, 4.69) is 67.0 Å². The standard InChI is InChI=1S/C12H10BrIN2/c13-11-4-3-10(6-12(11)14)16-8-9-2-1-5-15-7-9/h1-7,16H,8H2. The van der Waals surface area contributed by atoms with Crippen LogP contribution in [0.4, 0.5) is 5.69 Å². The van der Waals surface area contributed by atoms with Crippen LogP contribution in [-0.2, 0) is 6.54 Å². The predicted octanol–water partition coefficient (Wildman–Crippen LogP) is 4.06. The first-order valence-corrected chi connectivity index (χ1v) is 6.71. The number of aromatic nitrogens is 1. The Morgan fingerprint density at radius 2 is 2.19 bits per heavy atom. The maximum absolute atomic E-state index is 4.08. The molecule has 0 saturated carbocycles. The number of hydrogen-bond donors (Lipinski definition) is 1. The highest BCUT2D eigenvalue weighted by atomic mass is 127. The number of rotatable bonds is 3. The molecular weight excluding hydrogens is 379 g/mol. The van der Waals surface area contributed by atoms with E-state index in [0.29, 0.717) is 0 Å². The van der Waals surface area contributed by atoms with Gasteiger partial charge in [-0.15, -0.1) is 0 Å². The third kappa shape index (κ3) is 3.18. The van der Waals surface area contributed by atoms with Crippen molar-refractivity contribution in [2.45, 2.75) is 6.54 Å². The lowest BCUT2D eigenvalue weighted by Gasteiger charge is -2.07. The van der Waals surface area contributed by atoms with Crippen molar-refractivity contribution in [2.75, 3.05) is 5.32 Å². The van der Waals surface area contributed by atoms with Crippen LogP contribution in [0.15, 0.2) is 47.2 Å². The van der Waals surface area contributed by atoms with E-state index >= 15 is 0 Å². The number of halogens is 2. The summed E-state index contributed by atoms with van der Waals surface area (Å²) in [6, 6.07) is 10.2. The van der Waals surface area contributed by atoms with Crippen molar-refractivity contribution in [3.63, 3.8) is 0 Å². The number of anilines is 1. The molecule has 0 bridgehead atoms. The molecular formula is C12H10BrIN2. The van der Waals surface area contributed by atoms with Gasteiger partial charge in [0.15, 0.2) is 0 Å². The average molecular weight is 389 g/mol. The molecule has 0 aliphatic rings. The SMILES string of the molecule is Brc1ccc(NCc2cccnc2)cc1I. The van der Waals surface area contributed by atoms with Gasteiger partial charge in [-0.3, -0.25) is 4.98 Å². The zero-order valence-electron chi connectivity index (χ0n) is 8.45. The fourth-order valence-electron chi connectivity index (χ4n) is 1.31. The molecule has 0 radical (unpaired) electrons. The van der Waals surface area contributed by atoms with E-state index in [9.17, 15) is 0 Å². The molecule has 4 heteroatoms. The lowest BCUT2D eigenvalue weighted by Crippen LogP contribution is -1.99. The summed E-state index contributed by atoms with van der Waals surface area (Å²) in [5.74, 6) is 0. The van der Waals surface area contributed by atoms with Gasteiger partial charge in [-0.25, -0.2) is 0 Å². The average Bonchev–Trinajstić information content (AvgIpc) is 2.32. The summed E-state index contributed by atoms with van der Waals surface area (Å²) in [6.45, 7) is 0.797. The van der Waals surface area contributed by atoms with Gasteiger partial charge in [0.2, 0.25) is 0 Å². The summed E-state index contributed by atoms with van der Waals surface area (Å²) in [6.07, 6.45) is 3.66. The molecule has 82 valence electrons. The minimum atomic E-state index is 0.797. The first-order chi connectivity index (χ1) is 7.75. The minimum absolute atomic E-state index is 0.797. The second-order valence-corrected chi connectivity index (χ2v) is 5.36. The predicted molar refractivity (Wildman–Crippen MR) is 78.4 cm³/mol. The molecule has 0 aliphatic heterocycles. The van der Waals surface area contributed by atoms with Crippen molar-refractivity contribution in [2.24, 2.45) is 0 Å². The molecule has 0 spiro atoms. The molecule has 1 heterocycles. The summed E-state index contributed by atoms with van der Waals surface area (Å²) in [5.41, 5.74) is 2.30. The molecule has 1 aromatic heterocycles. The second-order valence-electron chi connectivity index (χ2n) is 3.34. The van der Waals surface area contributed by atoms with Crippen LogP contribution in [0.5, 0.6) is 0 Å². The quantitative estimate of drug-likeness (QED) is 0.802. The third-order valence-electron chi connectivity index (χ3n) is 2.14. The smallest absolute Gasteiger partial charge is 0.0416 e. The van der Waals surface area contributed by atoms with Gasteiger partial charge in [0.1, 0.15) is 0 Å².